The van der Waals surface area contributed by atoms with E-state index in [-0.39, 0.29) is 0 Å². The maximum atomic E-state index is 10.7. The van der Waals surface area contributed by atoms with Gasteiger partial charge in [0.15, 0.2) is 0 Å². The third-order valence-electron chi connectivity index (χ3n) is 4.32. The van der Waals surface area contributed by atoms with Crippen molar-refractivity contribution in [2.24, 2.45) is 0 Å². The van der Waals surface area contributed by atoms with Gasteiger partial charge in [0.05, 0.1) is 5.60 Å². The number of benzene rings is 2. The van der Waals surface area contributed by atoms with Crippen LogP contribution in [0.25, 0.3) is 0 Å². The molecule has 2 heteroatoms. The van der Waals surface area contributed by atoms with Gasteiger partial charge in [0.25, 0.3) is 0 Å². The molecule has 0 bridgehead atoms. The minimum absolute atomic E-state index is 0.574. The van der Waals surface area contributed by atoms with Gasteiger partial charge in [-0.15, -0.1) is 0 Å². The Morgan fingerprint density at radius 3 is 2.19 bits per heavy atom. The molecule has 2 aromatic carbocycles. The van der Waals surface area contributed by atoms with Crippen LogP contribution >= 0.6 is 0 Å². The molecule has 0 radical (unpaired) electrons. The zero-order chi connectivity index (χ0) is 14.5. The van der Waals surface area contributed by atoms with Crippen LogP contribution in [0.3, 0.4) is 0 Å². The standard InChI is InChI=1S/C19H22O2/c20-19(13-5-2-6-14-19)17-9-11-18(12-10-17)21-15-16-7-3-1-4-8-16/h1,3-4,7-12,20H,2,5-6,13-15H2. The summed E-state index contributed by atoms with van der Waals surface area (Å²) in [5.74, 6) is 0.849. The highest BCUT2D eigenvalue weighted by molar-refractivity contribution is 5.31. The summed E-state index contributed by atoms with van der Waals surface area (Å²) in [5.41, 5.74) is 1.55. The second-order valence-electron chi connectivity index (χ2n) is 5.89. The van der Waals surface area contributed by atoms with Crippen LogP contribution in [-0.2, 0) is 12.2 Å². The summed E-state index contributed by atoms with van der Waals surface area (Å²) < 4.78 is 5.79. The zero-order valence-electron chi connectivity index (χ0n) is 12.3. The highest BCUT2D eigenvalue weighted by atomic mass is 16.5. The smallest absolute Gasteiger partial charge is 0.119 e. The Morgan fingerprint density at radius 2 is 1.52 bits per heavy atom. The highest BCUT2D eigenvalue weighted by Gasteiger charge is 2.30. The lowest BCUT2D eigenvalue weighted by atomic mass is 9.80. The first-order valence-corrected chi connectivity index (χ1v) is 7.76. The number of aliphatic hydroxyl groups is 1. The van der Waals surface area contributed by atoms with Crippen LogP contribution < -0.4 is 4.74 Å². The first-order chi connectivity index (χ1) is 10.3. The van der Waals surface area contributed by atoms with E-state index in [4.69, 9.17) is 4.74 Å². The summed E-state index contributed by atoms with van der Waals surface area (Å²) in [4.78, 5) is 0. The molecule has 0 aliphatic heterocycles. The van der Waals surface area contributed by atoms with Crippen LogP contribution in [0, 0.1) is 0 Å². The fourth-order valence-electron chi connectivity index (χ4n) is 3.03. The van der Waals surface area contributed by atoms with Crippen molar-refractivity contribution in [2.75, 3.05) is 0 Å². The van der Waals surface area contributed by atoms with Gasteiger partial charge in [-0.05, 0) is 36.1 Å². The third kappa shape index (κ3) is 3.45. The van der Waals surface area contributed by atoms with Gasteiger partial charge in [-0.3, -0.25) is 0 Å². The normalized spacial score (nSPS) is 17.4. The Labute approximate surface area is 126 Å². The number of hydrogen-bond donors (Lipinski definition) is 1. The molecule has 2 nitrogen and oxygen atoms in total. The maximum absolute atomic E-state index is 10.7. The van der Waals surface area contributed by atoms with Crippen LogP contribution in [0.5, 0.6) is 5.75 Å². The van der Waals surface area contributed by atoms with E-state index < -0.39 is 5.60 Å². The first-order valence-electron chi connectivity index (χ1n) is 7.76. The van der Waals surface area contributed by atoms with Crippen LogP contribution in [0.15, 0.2) is 54.6 Å². The van der Waals surface area contributed by atoms with Gasteiger partial charge in [0, 0.05) is 0 Å². The summed E-state index contributed by atoms with van der Waals surface area (Å²) in [6.07, 6.45) is 5.21. The second kappa shape index (κ2) is 6.31. The monoisotopic (exact) mass is 282 g/mol. The highest BCUT2D eigenvalue weighted by Crippen LogP contribution is 2.37. The molecule has 0 saturated heterocycles. The summed E-state index contributed by atoms with van der Waals surface area (Å²) >= 11 is 0. The minimum Gasteiger partial charge on any atom is -0.489 e. The van der Waals surface area contributed by atoms with Crippen molar-refractivity contribution < 1.29 is 9.84 Å². The van der Waals surface area contributed by atoms with Crippen LogP contribution in [0.1, 0.15) is 43.2 Å². The van der Waals surface area contributed by atoms with E-state index >= 15 is 0 Å². The van der Waals surface area contributed by atoms with Crippen molar-refractivity contribution in [1.29, 1.82) is 0 Å². The van der Waals surface area contributed by atoms with E-state index in [1.807, 2.05) is 42.5 Å². The lowest BCUT2D eigenvalue weighted by Crippen LogP contribution is -2.28. The van der Waals surface area contributed by atoms with Gasteiger partial charge >= 0.3 is 0 Å². The number of hydrogen-bond acceptors (Lipinski definition) is 2. The van der Waals surface area contributed by atoms with Gasteiger partial charge in [0.1, 0.15) is 12.4 Å². The van der Waals surface area contributed by atoms with E-state index in [0.717, 1.165) is 42.6 Å². The molecular weight excluding hydrogens is 260 g/mol. The molecule has 0 unspecified atom stereocenters. The Kier molecular flexibility index (Phi) is 4.26. The maximum Gasteiger partial charge on any atom is 0.119 e. The molecule has 2 aromatic rings. The molecule has 1 N–H and O–H groups in total. The fourth-order valence-corrected chi connectivity index (χ4v) is 3.03. The van der Waals surface area contributed by atoms with Crippen molar-refractivity contribution in [2.45, 2.75) is 44.3 Å². The van der Waals surface area contributed by atoms with Gasteiger partial charge in [-0.1, -0.05) is 61.7 Å². The summed E-state index contributed by atoms with van der Waals surface area (Å²) in [6, 6.07) is 18.1. The lowest BCUT2D eigenvalue weighted by molar-refractivity contribution is -0.000664. The molecule has 21 heavy (non-hydrogen) atoms. The average Bonchev–Trinajstić information content (AvgIpc) is 2.55. The van der Waals surface area contributed by atoms with Crippen molar-refractivity contribution in [3.8, 4) is 5.75 Å². The van der Waals surface area contributed by atoms with Crippen molar-refractivity contribution in [1.82, 2.24) is 0 Å². The third-order valence-corrected chi connectivity index (χ3v) is 4.32. The van der Waals surface area contributed by atoms with E-state index in [1.165, 1.54) is 6.42 Å². The molecule has 0 amide bonds. The Hall–Kier alpha value is -1.80. The van der Waals surface area contributed by atoms with E-state index in [2.05, 4.69) is 12.1 Å². The molecule has 0 atom stereocenters. The summed E-state index contributed by atoms with van der Waals surface area (Å²) in [5, 5.41) is 10.7. The molecule has 0 aromatic heterocycles. The lowest BCUT2D eigenvalue weighted by Gasteiger charge is -2.32. The zero-order valence-corrected chi connectivity index (χ0v) is 12.3. The number of rotatable bonds is 4. The van der Waals surface area contributed by atoms with Gasteiger partial charge in [-0.2, -0.15) is 0 Å². The van der Waals surface area contributed by atoms with E-state index in [1.54, 1.807) is 0 Å². The Balaban J connectivity index is 1.64. The summed E-state index contributed by atoms with van der Waals surface area (Å²) in [7, 11) is 0. The molecule has 1 fully saturated rings. The minimum atomic E-state index is -0.629. The molecule has 1 aliphatic carbocycles. The van der Waals surface area contributed by atoms with Gasteiger partial charge in [0.2, 0.25) is 0 Å². The van der Waals surface area contributed by atoms with Gasteiger partial charge in [-0.25, -0.2) is 0 Å². The Morgan fingerprint density at radius 1 is 0.857 bits per heavy atom. The molecule has 0 spiro atoms. The molecule has 110 valence electrons. The fraction of sp³-hybridized carbons (Fsp3) is 0.368. The topological polar surface area (TPSA) is 29.5 Å². The van der Waals surface area contributed by atoms with E-state index in [9.17, 15) is 5.11 Å². The molecule has 1 saturated carbocycles. The predicted molar refractivity (Wildman–Crippen MR) is 84.2 cm³/mol. The van der Waals surface area contributed by atoms with Crippen LogP contribution in [0.2, 0.25) is 0 Å². The van der Waals surface area contributed by atoms with Crippen LogP contribution in [-0.4, -0.2) is 5.11 Å². The predicted octanol–water partition coefficient (Wildman–Crippen LogP) is 4.42. The summed E-state index contributed by atoms with van der Waals surface area (Å²) in [6.45, 7) is 0.574. The van der Waals surface area contributed by atoms with Crippen molar-refractivity contribution in [3.63, 3.8) is 0 Å². The molecule has 3 rings (SSSR count). The average molecular weight is 282 g/mol. The van der Waals surface area contributed by atoms with Crippen LogP contribution in [0.4, 0.5) is 0 Å². The molecular formula is C19H22O2. The SMILES string of the molecule is OC1(c2ccc(OCc3ccccc3)cc2)CCCCC1. The second-order valence-corrected chi connectivity index (χ2v) is 5.89. The Bertz CT molecular complexity index is 554. The first kappa shape index (κ1) is 14.2. The van der Waals surface area contributed by atoms with Gasteiger partial charge < -0.3 is 9.84 Å². The molecule has 1 aliphatic rings. The quantitative estimate of drug-likeness (QED) is 0.899. The number of ether oxygens (including phenoxy) is 1. The van der Waals surface area contributed by atoms with Crippen molar-refractivity contribution in [3.05, 3.63) is 65.7 Å². The van der Waals surface area contributed by atoms with E-state index in [0.29, 0.717) is 6.61 Å². The van der Waals surface area contributed by atoms with Crippen molar-refractivity contribution >= 4 is 0 Å². The molecule has 0 heterocycles. The largest absolute Gasteiger partial charge is 0.489 e.